The lowest BCUT2D eigenvalue weighted by atomic mass is 9.98. The van der Waals surface area contributed by atoms with Gasteiger partial charge in [0.05, 0.1) is 16.6 Å². The van der Waals surface area contributed by atoms with Crippen LogP contribution in [0.3, 0.4) is 0 Å². The standard InChI is InChI=1S/C17H19N9O2S2/c1-8(2)24-29-12-7-6-9(10-4-3-5-11-14(10)21-17(18)20-11)13(15(12)30(19,27)28)16-22-25-26-23-16/h3-8,24H,1-2H3,(H3,18,20,21)(H2,19,27,28)(H,22,23,25,26). The van der Waals surface area contributed by atoms with Gasteiger partial charge in [-0.15, -0.1) is 10.2 Å². The molecule has 0 aliphatic heterocycles. The highest BCUT2D eigenvalue weighted by Gasteiger charge is 2.28. The fraction of sp³-hybridized carbons (Fsp3) is 0.176. The Labute approximate surface area is 176 Å². The van der Waals surface area contributed by atoms with E-state index >= 15 is 0 Å². The van der Waals surface area contributed by atoms with Gasteiger partial charge >= 0.3 is 0 Å². The molecule has 30 heavy (non-hydrogen) atoms. The lowest BCUT2D eigenvalue weighted by molar-refractivity contribution is 0.596. The fourth-order valence-corrected chi connectivity index (χ4v) is 5.09. The van der Waals surface area contributed by atoms with E-state index in [1.165, 1.54) is 11.9 Å². The Hall–Kier alpha value is -3.00. The number of primary sulfonamides is 1. The molecular formula is C17H19N9O2S2. The Morgan fingerprint density at radius 1 is 1.17 bits per heavy atom. The number of nitrogens with two attached hydrogens (primary N) is 2. The Kier molecular flexibility index (Phi) is 5.19. The number of benzene rings is 2. The second-order valence-electron chi connectivity index (χ2n) is 6.79. The van der Waals surface area contributed by atoms with E-state index in [2.05, 4.69) is 35.3 Å². The predicted octanol–water partition coefficient (Wildman–Crippen LogP) is 1.64. The molecule has 0 atom stereocenters. The van der Waals surface area contributed by atoms with Crippen LogP contribution >= 0.6 is 11.9 Å². The molecule has 2 aromatic heterocycles. The summed E-state index contributed by atoms with van der Waals surface area (Å²) in [5.41, 5.74) is 8.54. The zero-order valence-corrected chi connectivity index (χ0v) is 17.7. The molecule has 0 saturated carbocycles. The zero-order valence-electron chi connectivity index (χ0n) is 16.0. The third kappa shape index (κ3) is 3.75. The van der Waals surface area contributed by atoms with E-state index in [1.807, 2.05) is 32.0 Å². The first-order valence-electron chi connectivity index (χ1n) is 8.86. The zero-order chi connectivity index (χ0) is 21.5. The summed E-state index contributed by atoms with van der Waals surface area (Å²) in [6.45, 7) is 3.89. The van der Waals surface area contributed by atoms with Crippen LogP contribution in [0.5, 0.6) is 0 Å². The number of anilines is 1. The highest BCUT2D eigenvalue weighted by molar-refractivity contribution is 7.98. The van der Waals surface area contributed by atoms with E-state index in [-0.39, 0.29) is 28.3 Å². The van der Waals surface area contributed by atoms with Crippen molar-refractivity contribution in [1.29, 1.82) is 0 Å². The maximum atomic E-state index is 12.7. The lowest BCUT2D eigenvalue weighted by Crippen LogP contribution is -2.18. The third-order valence-corrected chi connectivity index (χ3v) is 6.47. The molecule has 0 spiro atoms. The van der Waals surface area contributed by atoms with Crippen molar-refractivity contribution in [3.05, 3.63) is 30.3 Å². The van der Waals surface area contributed by atoms with E-state index in [9.17, 15) is 8.42 Å². The summed E-state index contributed by atoms with van der Waals surface area (Å²) in [6.07, 6.45) is 0. The summed E-state index contributed by atoms with van der Waals surface area (Å²) < 4.78 is 28.5. The number of nitrogens with zero attached hydrogens (tertiary/aromatic N) is 4. The number of imidazole rings is 1. The number of rotatable bonds is 6. The van der Waals surface area contributed by atoms with Crippen LogP contribution in [-0.4, -0.2) is 45.1 Å². The normalized spacial score (nSPS) is 12.1. The van der Waals surface area contributed by atoms with E-state index in [0.717, 1.165) is 0 Å². The summed E-state index contributed by atoms with van der Waals surface area (Å²) in [7, 11) is -4.15. The molecular weight excluding hydrogens is 426 g/mol. The van der Waals surface area contributed by atoms with Gasteiger partial charge in [-0.1, -0.05) is 18.2 Å². The largest absolute Gasteiger partial charge is 0.369 e. The molecule has 13 heteroatoms. The number of nitrogens with one attached hydrogen (secondary N) is 3. The van der Waals surface area contributed by atoms with Gasteiger partial charge in [0.2, 0.25) is 15.8 Å². The van der Waals surface area contributed by atoms with Crippen LogP contribution in [0.2, 0.25) is 0 Å². The van der Waals surface area contributed by atoms with Crippen LogP contribution in [0.25, 0.3) is 33.5 Å². The van der Waals surface area contributed by atoms with Crippen LogP contribution < -0.4 is 15.6 Å². The molecule has 4 aromatic rings. The van der Waals surface area contributed by atoms with Gasteiger partial charge in [0.15, 0.2) is 5.95 Å². The predicted molar refractivity (Wildman–Crippen MR) is 115 cm³/mol. The molecule has 7 N–H and O–H groups in total. The number of nitrogen functional groups attached to an aromatic ring is 1. The number of H-pyrrole nitrogens is 2. The summed E-state index contributed by atoms with van der Waals surface area (Å²) in [5.74, 6) is 0.347. The van der Waals surface area contributed by atoms with E-state index < -0.39 is 10.0 Å². The van der Waals surface area contributed by atoms with Gasteiger partial charge in [-0.05, 0) is 48.7 Å². The van der Waals surface area contributed by atoms with E-state index in [1.54, 1.807) is 12.1 Å². The van der Waals surface area contributed by atoms with Crippen LogP contribution in [-0.2, 0) is 10.0 Å². The highest BCUT2D eigenvalue weighted by atomic mass is 32.2. The number of aromatic nitrogens is 6. The molecule has 156 valence electrons. The molecule has 2 aromatic carbocycles. The molecule has 0 fully saturated rings. The number of hydrogen-bond acceptors (Lipinski definition) is 9. The monoisotopic (exact) mass is 445 g/mol. The Morgan fingerprint density at radius 2 is 1.97 bits per heavy atom. The van der Waals surface area contributed by atoms with Gasteiger partial charge in [-0.25, -0.2) is 18.5 Å². The van der Waals surface area contributed by atoms with Crippen molar-refractivity contribution in [3.63, 3.8) is 0 Å². The van der Waals surface area contributed by atoms with Gasteiger partial charge in [-0.2, -0.15) is 5.21 Å². The second-order valence-corrected chi connectivity index (χ2v) is 9.17. The maximum Gasteiger partial charge on any atom is 0.239 e. The first-order chi connectivity index (χ1) is 14.3. The lowest BCUT2D eigenvalue weighted by Gasteiger charge is -2.16. The van der Waals surface area contributed by atoms with Crippen molar-refractivity contribution in [2.75, 3.05) is 5.73 Å². The Morgan fingerprint density at radius 3 is 2.63 bits per heavy atom. The van der Waals surface area contributed by atoms with Crippen molar-refractivity contribution in [2.24, 2.45) is 5.14 Å². The molecule has 4 rings (SSSR count). The topological polar surface area (TPSA) is 181 Å². The molecule has 0 aliphatic rings. The minimum absolute atomic E-state index is 0.0972. The van der Waals surface area contributed by atoms with Crippen LogP contribution in [0.15, 0.2) is 40.1 Å². The maximum absolute atomic E-state index is 12.7. The van der Waals surface area contributed by atoms with Crippen molar-refractivity contribution in [3.8, 4) is 22.5 Å². The minimum Gasteiger partial charge on any atom is -0.369 e. The molecule has 0 aliphatic carbocycles. The minimum atomic E-state index is -4.15. The summed E-state index contributed by atoms with van der Waals surface area (Å²) in [4.78, 5) is 7.64. The Bertz CT molecular complexity index is 1310. The third-order valence-electron chi connectivity index (χ3n) is 4.20. The average Bonchev–Trinajstić information content (AvgIpc) is 3.33. The van der Waals surface area contributed by atoms with Gasteiger partial charge in [-0.3, -0.25) is 4.72 Å². The van der Waals surface area contributed by atoms with E-state index in [0.29, 0.717) is 27.1 Å². The average molecular weight is 446 g/mol. The molecule has 0 amide bonds. The summed E-state index contributed by atoms with van der Waals surface area (Å²) in [6, 6.07) is 9.03. The van der Waals surface area contributed by atoms with Crippen molar-refractivity contribution < 1.29 is 8.42 Å². The number of hydrogen-bond donors (Lipinski definition) is 5. The molecule has 0 radical (unpaired) electrons. The van der Waals surface area contributed by atoms with E-state index in [4.69, 9.17) is 10.9 Å². The number of tetrazole rings is 1. The van der Waals surface area contributed by atoms with Crippen molar-refractivity contribution >= 4 is 39.0 Å². The highest BCUT2D eigenvalue weighted by Crippen LogP contribution is 2.41. The molecule has 0 unspecified atom stereocenters. The first kappa shape index (κ1) is 20.3. The molecule has 2 heterocycles. The Balaban J connectivity index is 2.07. The number of fused-ring (bicyclic) bond motifs is 1. The number of para-hydroxylation sites is 1. The second kappa shape index (κ2) is 7.68. The summed E-state index contributed by atoms with van der Waals surface area (Å²) >= 11 is 1.17. The van der Waals surface area contributed by atoms with Gasteiger partial charge in [0.25, 0.3) is 0 Å². The van der Waals surface area contributed by atoms with Gasteiger partial charge < -0.3 is 10.7 Å². The smallest absolute Gasteiger partial charge is 0.239 e. The SMILES string of the molecule is CC(C)NSc1ccc(-c2cccc3[nH]c(N)nc23)c(-c2nn[nH]n2)c1S(N)(=O)=O. The van der Waals surface area contributed by atoms with Gasteiger partial charge in [0, 0.05) is 16.5 Å². The number of aromatic amines is 2. The van der Waals surface area contributed by atoms with Crippen LogP contribution in [0.1, 0.15) is 13.8 Å². The quantitative estimate of drug-likeness (QED) is 0.275. The molecule has 0 bridgehead atoms. The first-order valence-corrected chi connectivity index (χ1v) is 11.2. The van der Waals surface area contributed by atoms with Gasteiger partial charge in [0.1, 0.15) is 4.90 Å². The summed E-state index contributed by atoms with van der Waals surface area (Å²) in [5, 5.41) is 19.6. The fourth-order valence-electron chi connectivity index (χ4n) is 3.09. The number of sulfonamides is 1. The molecule has 0 saturated heterocycles. The van der Waals surface area contributed by atoms with Crippen molar-refractivity contribution in [2.45, 2.75) is 29.7 Å². The molecule has 11 nitrogen and oxygen atoms in total. The van der Waals surface area contributed by atoms with Crippen molar-refractivity contribution in [1.82, 2.24) is 35.3 Å². The van der Waals surface area contributed by atoms with Crippen LogP contribution in [0.4, 0.5) is 5.95 Å². The van der Waals surface area contributed by atoms with Crippen LogP contribution in [0, 0.1) is 0 Å².